The standard InChI is InChI=1S/C19H20N2O2/c1-14-7-9-16(10-8-14)19(23)20-12-15-11-18(22)21(13-15)17-5-3-2-4-6-17/h2-10,15H,11-13H2,1H3,(H,20,23)/t15-/m0/s1. The Hall–Kier alpha value is -2.62. The van der Waals surface area contributed by atoms with E-state index in [1.807, 2.05) is 61.5 Å². The van der Waals surface area contributed by atoms with Gasteiger partial charge in [-0.15, -0.1) is 0 Å². The lowest BCUT2D eigenvalue weighted by Crippen LogP contribution is -2.31. The van der Waals surface area contributed by atoms with Crippen molar-refractivity contribution in [3.63, 3.8) is 0 Å². The summed E-state index contributed by atoms with van der Waals surface area (Å²) in [4.78, 5) is 26.1. The van der Waals surface area contributed by atoms with Crippen LogP contribution in [0.2, 0.25) is 0 Å². The van der Waals surface area contributed by atoms with Gasteiger partial charge < -0.3 is 10.2 Å². The van der Waals surface area contributed by atoms with Crippen molar-refractivity contribution in [3.05, 3.63) is 65.7 Å². The summed E-state index contributed by atoms with van der Waals surface area (Å²) in [6, 6.07) is 17.1. The molecule has 0 bridgehead atoms. The van der Waals surface area contributed by atoms with Gasteiger partial charge in [-0.2, -0.15) is 0 Å². The van der Waals surface area contributed by atoms with Crippen molar-refractivity contribution in [2.75, 3.05) is 18.0 Å². The monoisotopic (exact) mass is 308 g/mol. The first-order chi connectivity index (χ1) is 11.1. The summed E-state index contributed by atoms with van der Waals surface area (Å²) >= 11 is 0. The van der Waals surface area contributed by atoms with Crippen LogP contribution < -0.4 is 10.2 Å². The second-order valence-corrected chi connectivity index (χ2v) is 5.99. The molecule has 2 aromatic rings. The maximum Gasteiger partial charge on any atom is 0.251 e. The third kappa shape index (κ3) is 3.59. The predicted molar refractivity (Wildman–Crippen MR) is 90.4 cm³/mol. The van der Waals surface area contributed by atoms with Gasteiger partial charge in [0.2, 0.25) is 5.91 Å². The van der Waals surface area contributed by atoms with Gasteiger partial charge in [-0.05, 0) is 31.2 Å². The van der Waals surface area contributed by atoms with Crippen LogP contribution in [-0.4, -0.2) is 24.9 Å². The summed E-state index contributed by atoms with van der Waals surface area (Å²) in [5.41, 5.74) is 2.70. The summed E-state index contributed by atoms with van der Waals surface area (Å²) in [6.07, 6.45) is 0.475. The van der Waals surface area contributed by atoms with Crippen LogP contribution in [-0.2, 0) is 4.79 Å². The molecule has 1 atom stereocenters. The number of hydrogen-bond acceptors (Lipinski definition) is 2. The number of anilines is 1. The Morgan fingerprint density at radius 2 is 1.83 bits per heavy atom. The molecule has 2 amide bonds. The average molecular weight is 308 g/mol. The van der Waals surface area contributed by atoms with Crippen molar-refractivity contribution < 1.29 is 9.59 Å². The molecule has 0 aliphatic carbocycles. The lowest BCUT2D eigenvalue weighted by atomic mass is 10.1. The van der Waals surface area contributed by atoms with E-state index in [1.54, 1.807) is 4.90 Å². The molecule has 1 N–H and O–H groups in total. The van der Waals surface area contributed by atoms with E-state index < -0.39 is 0 Å². The molecule has 0 unspecified atom stereocenters. The first kappa shape index (κ1) is 15.3. The van der Waals surface area contributed by atoms with Gasteiger partial charge in [-0.1, -0.05) is 35.9 Å². The summed E-state index contributed by atoms with van der Waals surface area (Å²) in [5, 5.41) is 2.94. The van der Waals surface area contributed by atoms with Crippen molar-refractivity contribution >= 4 is 17.5 Å². The third-order valence-electron chi connectivity index (χ3n) is 4.14. The van der Waals surface area contributed by atoms with Gasteiger partial charge >= 0.3 is 0 Å². The molecule has 1 heterocycles. The minimum absolute atomic E-state index is 0.0874. The Morgan fingerprint density at radius 1 is 1.13 bits per heavy atom. The van der Waals surface area contributed by atoms with Gasteiger partial charge in [0.15, 0.2) is 0 Å². The highest BCUT2D eigenvalue weighted by molar-refractivity contribution is 5.96. The molecule has 0 radical (unpaired) electrons. The number of nitrogens with one attached hydrogen (secondary N) is 1. The Morgan fingerprint density at radius 3 is 2.52 bits per heavy atom. The summed E-state index contributed by atoms with van der Waals surface area (Å²) in [5.74, 6) is 0.179. The lowest BCUT2D eigenvalue weighted by molar-refractivity contribution is -0.117. The second-order valence-electron chi connectivity index (χ2n) is 5.99. The highest BCUT2D eigenvalue weighted by Gasteiger charge is 2.30. The van der Waals surface area contributed by atoms with Crippen LogP contribution in [0.15, 0.2) is 54.6 Å². The van der Waals surface area contributed by atoms with Crippen LogP contribution in [0.25, 0.3) is 0 Å². The summed E-state index contributed by atoms with van der Waals surface area (Å²) in [6.45, 7) is 3.16. The van der Waals surface area contributed by atoms with Crippen LogP contribution in [0, 0.1) is 12.8 Å². The summed E-state index contributed by atoms with van der Waals surface area (Å²) < 4.78 is 0. The van der Waals surface area contributed by atoms with E-state index in [2.05, 4.69) is 5.32 Å². The molecule has 4 heteroatoms. The number of carbonyl (C=O) groups excluding carboxylic acids is 2. The van der Waals surface area contributed by atoms with E-state index in [0.717, 1.165) is 11.3 Å². The fourth-order valence-electron chi connectivity index (χ4n) is 2.82. The van der Waals surface area contributed by atoms with Crippen molar-refractivity contribution in [1.82, 2.24) is 5.32 Å². The zero-order valence-electron chi connectivity index (χ0n) is 13.2. The Balaban J connectivity index is 1.56. The third-order valence-corrected chi connectivity index (χ3v) is 4.14. The number of hydrogen-bond donors (Lipinski definition) is 1. The number of carbonyl (C=O) groups is 2. The number of amides is 2. The smallest absolute Gasteiger partial charge is 0.251 e. The van der Waals surface area contributed by atoms with E-state index in [1.165, 1.54) is 0 Å². The van der Waals surface area contributed by atoms with Crippen molar-refractivity contribution in [2.24, 2.45) is 5.92 Å². The molecule has 0 aromatic heterocycles. The van der Waals surface area contributed by atoms with Gasteiger partial charge in [0, 0.05) is 36.7 Å². The molecule has 23 heavy (non-hydrogen) atoms. The topological polar surface area (TPSA) is 49.4 Å². The maximum atomic E-state index is 12.2. The molecule has 4 nitrogen and oxygen atoms in total. The van der Waals surface area contributed by atoms with Crippen LogP contribution in [0.5, 0.6) is 0 Å². The van der Waals surface area contributed by atoms with Crippen molar-refractivity contribution in [3.8, 4) is 0 Å². The fourth-order valence-corrected chi connectivity index (χ4v) is 2.82. The SMILES string of the molecule is Cc1ccc(C(=O)NC[C@@H]2CC(=O)N(c3ccccc3)C2)cc1. The van der Waals surface area contributed by atoms with Crippen LogP contribution in [0.4, 0.5) is 5.69 Å². The minimum atomic E-state index is -0.0874. The van der Waals surface area contributed by atoms with E-state index in [9.17, 15) is 9.59 Å². The highest BCUT2D eigenvalue weighted by atomic mass is 16.2. The molecular formula is C19H20N2O2. The van der Waals surface area contributed by atoms with E-state index in [4.69, 9.17) is 0 Å². The lowest BCUT2D eigenvalue weighted by Gasteiger charge is -2.16. The van der Waals surface area contributed by atoms with Crippen molar-refractivity contribution in [2.45, 2.75) is 13.3 Å². The van der Waals surface area contributed by atoms with Crippen LogP contribution in [0.3, 0.4) is 0 Å². The zero-order valence-corrected chi connectivity index (χ0v) is 13.2. The molecule has 0 saturated carbocycles. The molecule has 1 fully saturated rings. The van der Waals surface area contributed by atoms with Gasteiger partial charge in [0.1, 0.15) is 0 Å². The van der Waals surface area contributed by atoms with Gasteiger partial charge in [0.05, 0.1) is 0 Å². The number of rotatable bonds is 4. The van der Waals surface area contributed by atoms with Gasteiger partial charge in [-0.25, -0.2) is 0 Å². The van der Waals surface area contributed by atoms with Crippen molar-refractivity contribution in [1.29, 1.82) is 0 Å². The van der Waals surface area contributed by atoms with E-state index >= 15 is 0 Å². The Bertz CT molecular complexity index is 695. The molecule has 1 aliphatic heterocycles. The van der Waals surface area contributed by atoms with E-state index in [-0.39, 0.29) is 17.7 Å². The molecule has 2 aromatic carbocycles. The number of para-hydroxylation sites is 1. The largest absolute Gasteiger partial charge is 0.352 e. The minimum Gasteiger partial charge on any atom is -0.352 e. The fraction of sp³-hybridized carbons (Fsp3) is 0.263. The Kier molecular flexibility index (Phi) is 4.42. The molecule has 1 aliphatic rings. The molecule has 3 rings (SSSR count). The van der Waals surface area contributed by atoms with Gasteiger partial charge in [0.25, 0.3) is 5.91 Å². The zero-order chi connectivity index (χ0) is 16.2. The molecule has 118 valence electrons. The quantitative estimate of drug-likeness (QED) is 0.944. The van der Waals surface area contributed by atoms with Crippen LogP contribution in [0.1, 0.15) is 22.3 Å². The average Bonchev–Trinajstić information content (AvgIpc) is 2.95. The normalized spacial score (nSPS) is 17.3. The van der Waals surface area contributed by atoms with E-state index in [0.29, 0.717) is 25.1 Å². The Labute approximate surface area is 136 Å². The number of benzene rings is 2. The second kappa shape index (κ2) is 6.65. The summed E-state index contributed by atoms with van der Waals surface area (Å²) in [7, 11) is 0. The van der Waals surface area contributed by atoms with Crippen LogP contribution >= 0.6 is 0 Å². The molecular weight excluding hydrogens is 288 g/mol. The maximum absolute atomic E-state index is 12.2. The highest BCUT2D eigenvalue weighted by Crippen LogP contribution is 2.24. The number of nitrogens with zero attached hydrogens (tertiary/aromatic N) is 1. The first-order valence-corrected chi connectivity index (χ1v) is 7.84. The first-order valence-electron chi connectivity index (χ1n) is 7.84. The number of aryl methyl sites for hydroxylation is 1. The molecule has 0 spiro atoms. The predicted octanol–water partition coefficient (Wildman–Crippen LogP) is 2.78. The molecule has 1 saturated heterocycles. The van der Waals surface area contributed by atoms with Gasteiger partial charge in [-0.3, -0.25) is 9.59 Å².